The summed E-state index contributed by atoms with van der Waals surface area (Å²) in [6.07, 6.45) is -2.48. The summed E-state index contributed by atoms with van der Waals surface area (Å²) < 4.78 is 37.2. The summed E-state index contributed by atoms with van der Waals surface area (Å²) in [7, 11) is 0. The summed E-state index contributed by atoms with van der Waals surface area (Å²) in [5, 5.41) is 9.93. The standard InChI is InChI=1S/C11H7ClF3N3OS/c12-9-7(4-19)10(18-5-17-9)20-8-2-1-6(3-16-8)11(13,14)15/h1-3,5,19H,4H2. The zero-order valence-electron chi connectivity index (χ0n) is 9.73. The third-order valence-corrected chi connectivity index (χ3v) is 3.60. The molecule has 0 spiro atoms. The van der Waals surface area contributed by atoms with Crippen LogP contribution in [0.3, 0.4) is 0 Å². The fourth-order valence-electron chi connectivity index (χ4n) is 1.30. The van der Waals surface area contributed by atoms with Crippen molar-refractivity contribution >= 4 is 23.4 Å². The number of nitrogens with zero attached hydrogens (tertiary/aromatic N) is 3. The molecule has 0 bridgehead atoms. The van der Waals surface area contributed by atoms with E-state index in [1.807, 2.05) is 0 Å². The van der Waals surface area contributed by atoms with Gasteiger partial charge in [0.2, 0.25) is 0 Å². The number of aliphatic hydroxyl groups is 1. The molecule has 106 valence electrons. The molecule has 2 aromatic rings. The smallest absolute Gasteiger partial charge is 0.391 e. The second-order valence-corrected chi connectivity index (χ2v) is 4.96. The largest absolute Gasteiger partial charge is 0.417 e. The Morgan fingerprint density at radius 2 is 1.95 bits per heavy atom. The Kier molecular flexibility index (Phi) is 4.46. The Labute approximate surface area is 121 Å². The fourth-order valence-corrected chi connectivity index (χ4v) is 2.38. The van der Waals surface area contributed by atoms with Crippen molar-refractivity contribution in [2.24, 2.45) is 0 Å². The van der Waals surface area contributed by atoms with Crippen LogP contribution in [0.15, 0.2) is 34.7 Å². The zero-order chi connectivity index (χ0) is 14.8. The number of hydrogen-bond donors (Lipinski definition) is 1. The summed E-state index contributed by atoms with van der Waals surface area (Å²) in [6.45, 7) is -0.372. The van der Waals surface area contributed by atoms with Crippen LogP contribution < -0.4 is 0 Å². The number of aliphatic hydroxyl groups excluding tert-OH is 1. The normalized spacial score (nSPS) is 11.7. The van der Waals surface area contributed by atoms with Gasteiger partial charge >= 0.3 is 6.18 Å². The minimum Gasteiger partial charge on any atom is -0.391 e. The van der Waals surface area contributed by atoms with Crippen LogP contribution in [0.1, 0.15) is 11.1 Å². The summed E-state index contributed by atoms with van der Waals surface area (Å²) in [5.74, 6) is 0. The van der Waals surface area contributed by atoms with Gasteiger partial charge in [0.15, 0.2) is 0 Å². The number of rotatable bonds is 3. The SMILES string of the molecule is OCc1c(Cl)ncnc1Sc1ccc(C(F)(F)F)cn1. The Bertz CT molecular complexity index is 607. The minimum absolute atomic E-state index is 0.0944. The van der Waals surface area contributed by atoms with Crippen molar-refractivity contribution in [1.82, 2.24) is 15.0 Å². The Morgan fingerprint density at radius 1 is 1.20 bits per heavy atom. The van der Waals surface area contributed by atoms with Crippen molar-refractivity contribution in [2.75, 3.05) is 0 Å². The van der Waals surface area contributed by atoms with Crippen LogP contribution in [-0.4, -0.2) is 20.1 Å². The molecule has 0 saturated heterocycles. The molecule has 0 radical (unpaired) electrons. The summed E-state index contributed by atoms with van der Waals surface area (Å²) in [6, 6.07) is 2.15. The zero-order valence-corrected chi connectivity index (χ0v) is 11.3. The first-order valence-electron chi connectivity index (χ1n) is 5.23. The highest BCUT2D eigenvalue weighted by atomic mass is 35.5. The summed E-state index contributed by atoms with van der Waals surface area (Å²) in [5.41, 5.74) is -0.522. The molecule has 0 aromatic carbocycles. The maximum Gasteiger partial charge on any atom is 0.417 e. The first-order chi connectivity index (χ1) is 9.41. The Morgan fingerprint density at radius 3 is 2.50 bits per heavy atom. The van der Waals surface area contributed by atoms with E-state index in [-0.39, 0.29) is 11.8 Å². The van der Waals surface area contributed by atoms with Crippen LogP contribution in [0.2, 0.25) is 5.15 Å². The fraction of sp³-hybridized carbons (Fsp3) is 0.182. The molecule has 20 heavy (non-hydrogen) atoms. The van der Waals surface area contributed by atoms with Gasteiger partial charge in [-0.1, -0.05) is 11.6 Å². The molecule has 0 atom stereocenters. The number of hydrogen-bond acceptors (Lipinski definition) is 5. The van der Waals surface area contributed by atoms with Gasteiger partial charge in [0.1, 0.15) is 21.5 Å². The van der Waals surface area contributed by atoms with E-state index in [4.69, 9.17) is 11.6 Å². The Hall–Kier alpha value is -1.38. The minimum atomic E-state index is -4.43. The average molecular weight is 322 g/mol. The number of alkyl halides is 3. The van der Waals surface area contributed by atoms with Crippen LogP contribution in [-0.2, 0) is 12.8 Å². The van der Waals surface area contributed by atoms with Gasteiger partial charge in [-0.25, -0.2) is 15.0 Å². The molecular formula is C11H7ClF3N3OS. The van der Waals surface area contributed by atoms with Gasteiger partial charge in [-0.2, -0.15) is 13.2 Å². The van der Waals surface area contributed by atoms with E-state index in [9.17, 15) is 18.3 Å². The molecule has 2 heterocycles. The highest BCUT2D eigenvalue weighted by molar-refractivity contribution is 7.99. The number of halogens is 4. The lowest BCUT2D eigenvalue weighted by Crippen LogP contribution is -2.05. The lowest BCUT2D eigenvalue weighted by Gasteiger charge is -2.08. The lowest BCUT2D eigenvalue weighted by molar-refractivity contribution is -0.137. The van der Waals surface area contributed by atoms with E-state index >= 15 is 0 Å². The predicted octanol–water partition coefficient (Wildman–Crippen LogP) is 3.19. The number of pyridine rings is 1. The molecule has 0 amide bonds. The summed E-state index contributed by atoms with van der Waals surface area (Å²) >= 11 is 6.79. The third-order valence-electron chi connectivity index (χ3n) is 2.28. The van der Waals surface area contributed by atoms with E-state index in [2.05, 4.69) is 15.0 Å². The van der Waals surface area contributed by atoms with Crippen LogP contribution in [0.5, 0.6) is 0 Å². The van der Waals surface area contributed by atoms with E-state index < -0.39 is 11.7 Å². The van der Waals surface area contributed by atoms with Crippen LogP contribution in [0, 0.1) is 0 Å². The maximum absolute atomic E-state index is 12.4. The van der Waals surface area contributed by atoms with Crippen molar-refractivity contribution in [2.45, 2.75) is 22.8 Å². The highest BCUT2D eigenvalue weighted by Gasteiger charge is 2.30. The van der Waals surface area contributed by atoms with Gasteiger partial charge in [0.05, 0.1) is 12.2 Å². The molecule has 0 aliphatic rings. The quantitative estimate of drug-likeness (QED) is 0.880. The molecule has 0 aliphatic heterocycles. The molecule has 2 rings (SSSR count). The highest BCUT2D eigenvalue weighted by Crippen LogP contribution is 2.32. The van der Waals surface area contributed by atoms with E-state index in [1.54, 1.807) is 0 Å². The van der Waals surface area contributed by atoms with E-state index in [0.717, 1.165) is 24.0 Å². The molecule has 2 aromatic heterocycles. The van der Waals surface area contributed by atoms with Gasteiger partial charge in [0.25, 0.3) is 0 Å². The van der Waals surface area contributed by atoms with Crippen molar-refractivity contribution < 1.29 is 18.3 Å². The first-order valence-corrected chi connectivity index (χ1v) is 6.42. The summed E-state index contributed by atoms with van der Waals surface area (Å²) in [4.78, 5) is 11.3. The van der Waals surface area contributed by atoms with Crippen molar-refractivity contribution in [3.05, 3.63) is 40.9 Å². The molecule has 9 heteroatoms. The van der Waals surface area contributed by atoms with E-state index in [0.29, 0.717) is 15.6 Å². The monoisotopic (exact) mass is 321 g/mol. The number of aromatic nitrogens is 3. The van der Waals surface area contributed by atoms with E-state index in [1.165, 1.54) is 12.4 Å². The van der Waals surface area contributed by atoms with Gasteiger partial charge in [-0.05, 0) is 23.9 Å². The van der Waals surface area contributed by atoms with Crippen molar-refractivity contribution in [3.8, 4) is 0 Å². The van der Waals surface area contributed by atoms with Crippen molar-refractivity contribution in [3.63, 3.8) is 0 Å². The predicted molar refractivity (Wildman–Crippen MR) is 66.3 cm³/mol. The lowest BCUT2D eigenvalue weighted by atomic mass is 10.3. The van der Waals surface area contributed by atoms with Crippen LogP contribution in [0.4, 0.5) is 13.2 Å². The van der Waals surface area contributed by atoms with Crippen LogP contribution in [0.25, 0.3) is 0 Å². The maximum atomic E-state index is 12.4. The second-order valence-electron chi connectivity index (χ2n) is 3.59. The molecule has 0 aliphatic carbocycles. The van der Waals surface area contributed by atoms with Gasteiger partial charge in [0, 0.05) is 11.8 Å². The van der Waals surface area contributed by atoms with Crippen LogP contribution >= 0.6 is 23.4 Å². The third kappa shape index (κ3) is 3.38. The first kappa shape index (κ1) is 15.0. The average Bonchev–Trinajstić information content (AvgIpc) is 2.38. The molecule has 4 nitrogen and oxygen atoms in total. The second kappa shape index (κ2) is 5.94. The molecule has 0 saturated carbocycles. The Balaban J connectivity index is 2.25. The molecule has 0 unspecified atom stereocenters. The topological polar surface area (TPSA) is 58.9 Å². The molecular weight excluding hydrogens is 315 g/mol. The van der Waals surface area contributed by atoms with Gasteiger partial charge in [-0.15, -0.1) is 0 Å². The van der Waals surface area contributed by atoms with Gasteiger partial charge < -0.3 is 5.11 Å². The molecule has 1 N–H and O–H groups in total. The molecule has 0 fully saturated rings. The van der Waals surface area contributed by atoms with Gasteiger partial charge in [-0.3, -0.25) is 0 Å². The van der Waals surface area contributed by atoms with Crippen molar-refractivity contribution in [1.29, 1.82) is 0 Å².